The number of aliphatic imine (C=N–C) groups is 1. The van der Waals surface area contributed by atoms with Gasteiger partial charge in [-0.2, -0.15) is 0 Å². The van der Waals surface area contributed by atoms with Crippen LogP contribution in [0.4, 0.5) is 0 Å². The molecule has 3 rings (SSSR count). The summed E-state index contributed by atoms with van der Waals surface area (Å²) in [7, 11) is -3.67. The van der Waals surface area contributed by atoms with Crippen molar-refractivity contribution in [3.8, 4) is 0 Å². The van der Waals surface area contributed by atoms with Crippen LogP contribution in [0.5, 0.6) is 0 Å². The molecule has 0 saturated carbocycles. The van der Waals surface area contributed by atoms with Crippen LogP contribution in [0.1, 0.15) is 18.1 Å². The van der Waals surface area contributed by atoms with Gasteiger partial charge in [0.25, 0.3) is 15.9 Å². The Bertz CT molecular complexity index is 1020. The number of benzene rings is 2. The highest BCUT2D eigenvalue weighted by molar-refractivity contribution is 7.90. The minimum atomic E-state index is -3.67. The lowest BCUT2D eigenvalue weighted by molar-refractivity contribution is -0.153. The number of sulfonamides is 1. The van der Waals surface area contributed by atoms with Crippen LogP contribution in [-0.2, 0) is 30.9 Å². The van der Waals surface area contributed by atoms with Crippen molar-refractivity contribution in [1.82, 2.24) is 10.0 Å². The number of fused-ring (bicyclic) bond motifs is 1. The molecule has 28 heavy (non-hydrogen) atoms. The fraction of sp³-hybridized carbons (Fsp3) is 0.211. The Morgan fingerprint density at radius 2 is 1.79 bits per heavy atom. The minimum Gasteiger partial charge on any atom is -0.451 e. The summed E-state index contributed by atoms with van der Waals surface area (Å²) in [5, 5.41) is 2.68. The minimum absolute atomic E-state index is 0.0775. The van der Waals surface area contributed by atoms with Gasteiger partial charge in [0.05, 0.1) is 4.90 Å². The van der Waals surface area contributed by atoms with Gasteiger partial charge in [-0.25, -0.2) is 8.42 Å². The third-order valence-electron chi connectivity index (χ3n) is 4.02. The Morgan fingerprint density at radius 3 is 2.54 bits per heavy atom. The zero-order valence-corrected chi connectivity index (χ0v) is 15.9. The highest BCUT2D eigenvalue weighted by atomic mass is 32.2. The molecule has 0 spiro atoms. The number of amidine groups is 1. The van der Waals surface area contributed by atoms with Crippen LogP contribution in [0.2, 0.25) is 0 Å². The monoisotopic (exact) mass is 401 g/mol. The van der Waals surface area contributed by atoms with Gasteiger partial charge >= 0.3 is 5.97 Å². The Kier molecular flexibility index (Phi) is 5.74. The molecule has 2 aromatic rings. The third kappa shape index (κ3) is 4.55. The van der Waals surface area contributed by atoms with Crippen LogP contribution in [0.25, 0.3) is 0 Å². The van der Waals surface area contributed by atoms with Crippen LogP contribution in [0, 0.1) is 0 Å². The average molecular weight is 401 g/mol. The van der Waals surface area contributed by atoms with Crippen LogP contribution in [0.15, 0.2) is 64.5 Å². The molecule has 1 aliphatic heterocycles. The summed E-state index contributed by atoms with van der Waals surface area (Å²) < 4.78 is 31.4. The van der Waals surface area contributed by atoms with E-state index >= 15 is 0 Å². The predicted molar refractivity (Wildman–Crippen MR) is 102 cm³/mol. The molecule has 0 saturated heterocycles. The van der Waals surface area contributed by atoms with Gasteiger partial charge in [-0.1, -0.05) is 42.5 Å². The van der Waals surface area contributed by atoms with Gasteiger partial charge in [0.2, 0.25) is 0 Å². The van der Waals surface area contributed by atoms with E-state index in [4.69, 9.17) is 4.74 Å². The molecular weight excluding hydrogens is 382 g/mol. The molecule has 0 bridgehead atoms. The largest absolute Gasteiger partial charge is 0.451 e. The van der Waals surface area contributed by atoms with Crippen molar-refractivity contribution in [3.05, 3.63) is 65.7 Å². The van der Waals surface area contributed by atoms with Crippen LogP contribution >= 0.6 is 0 Å². The number of hydrogen-bond donors (Lipinski definition) is 2. The van der Waals surface area contributed by atoms with E-state index in [2.05, 4.69) is 15.0 Å². The molecule has 2 N–H and O–H groups in total. The molecule has 1 aliphatic rings. The molecule has 0 aliphatic carbocycles. The van der Waals surface area contributed by atoms with E-state index in [0.717, 1.165) is 5.56 Å². The van der Waals surface area contributed by atoms with Crippen molar-refractivity contribution >= 4 is 27.7 Å². The van der Waals surface area contributed by atoms with E-state index in [-0.39, 0.29) is 10.7 Å². The van der Waals surface area contributed by atoms with Crippen LogP contribution < -0.4 is 10.0 Å². The lowest BCUT2D eigenvalue weighted by atomic mass is 10.2. The molecule has 1 heterocycles. The van der Waals surface area contributed by atoms with Crippen LogP contribution in [0.3, 0.4) is 0 Å². The number of nitrogens with zero attached hydrogens (tertiary/aromatic N) is 1. The Labute approximate surface area is 162 Å². The molecule has 0 radical (unpaired) electrons. The number of rotatable bonds is 6. The lowest BCUT2D eigenvalue weighted by Gasteiger charge is -2.13. The summed E-state index contributed by atoms with van der Waals surface area (Å²) in [6.07, 6.45) is -0.996. The van der Waals surface area contributed by atoms with Gasteiger partial charge in [-0.15, -0.1) is 0 Å². The Balaban J connectivity index is 1.54. The van der Waals surface area contributed by atoms with Crippen molar-refractivity contribution in [3.63, 3.8) is 0 Å². The maximum atomic E-state index is 12.0. The number of esters is 1. The van der Waals surface area contributed by atoms with Crippen molar-refractivity contribution in [1.29, 1.82) is 0 Å². The van der Waals surface area contributed by atoms with E-state index in [1.165, 1.54) is 13.0 Å². The molecule has 0 unspecified atom stereocenters. The zero-order chi connectivity index (χ0) is 20.1. The van der Waals surface area contributed by atoms with E-state index in [1.54, 1.807) is 18.2 Å². The standard InChI is InChI=1S/C19H19N3O5S/c1-13(19(24)21-11-14-7-3-2-4-8-14)27-17(23)12-20-18-15-9-5-6-10-16(15)28(25,26)22-18/h2-10,13H,11-12H2,1H3,(H,20,22)(H,21,24)/t13-/m0/s1. The Hall–Kier alpha value is -3.20. The average Bonchev–Trinajstić information content (AvgIpc) is 2.96. The normalized spacial score (nSPS) is 16.7. The number of carbonyl (C=O) groups is 2. The molecule has 0 aromatic heterocycles. The van der Waals surface area contributed by atoms with E-state index in [1.807, 2.05) is 30.3 Å². The molecule has 2 aromatic carbocycles. The number of amides is 1. The highest BCUT2D eigenvalue weighted by Gasteiger charge is 2.30. The topological polar surface area (TPSA) is 114 Å². The molecular formula is C19H19N3O5S. The molecule has 146 valence electrons. The van der Waals surface area contributed by atoms with Crippen molar-refractivity contribution in [2.24, 2.45) is 4.99 Å². The van der Waals surface area contributed by atoms with E-state index < -0.39 is 34.5 Å². The quantitative estimate of drug-likeness (QED) is 0.700. The highest BCUT2D eigenvalue weighted by Crippen LogP contribution is 2.22. The number of ether oxygens (including phenoxy) is 1. The summed E-state index contributed by atoms with van der Waals surface area (Å²) in [4.78, 5) is 28.1. The molecule has 9 heteroatoms. The first kappa shape index (κ1) is 19.6. The fourth-order valence-electron chi connectivity index (χ4n) is 2.61. The second-order valence-electron chi connectivity index (χ2n) is 6.10. The predicted octanol–water partition coefficient (Wildman–Crippen LogP) is 0.973. The van der Waals surface area contributed by atoms with Gasteiger partial charge in [0, 0.05) is 12.1 Å². The maximum absolute atomic E-state index is 12.0. The smallest absolute Gasteiger partial charge is 0.328 e. The zero-order valence-electron chi connectivity index (χ0n) is 15.1. The van der Waals surface area contributed by atoms with Crippen molar-refractivity contribution < 1.29 is 22.7 Å². The van der Waals surface area contributed by atoms with Gasteiger partial charge in [0.15, 0.2) is 6.10 Å². The third-order valence-corrected chi connectivity index (χ3v) is 5.41. The molecule has 1 atom stereocenters. The van der Waals surface area contributed by atoms with E-state index in [0.29, 0.717) is 12.1 Å². The summed E-state index contributed by atoms with van der Waals surface area (Å²) >= 11 is 0. The first-order valence-electron chi connectivity index (χ1n) is 8.54. The summed E-state index contributed by atoms with van der Waals surface area (Å²) in [5.74, 6) is -1.09. The fourth-order valence-corrected chi connectivity index (χ4v) is 3.86. The van der Waals surface area contributed by atoms with Crippen molar-refractivity contribution in [2.75, 3.05) is 6.54 Å². The lowest BCUT2D eigenvalue weighted by Crippen LogP contribution is -2.36. The molecule has 1 amide bonds. The first-order chi connectivity index (χ1) is 13.4. The Morgan fingerprint density at radius 1 is 1.11 bits per heavy atom. The number of hydrogen-bond acceptors (Lipinski definition) is 6. The number of carbonyl (C=O) groups excluding carboxylic acids is 2. The summed E-state index contributed by atoms with van der Waals surface area (Å²) in [6, 6.07) is 15.7. The second-order valence-corrected chi connectivity index (χ2v) is 7.75. The summed E-state index contributed by atoms with van der Waals surface area (Å²) in [5.41, 5.74) is 1.32. The second kappa shape index (κ2) is 8.22. The van der Waals surface area contributed by atoms with Crippen LogP contribution in [-0.4, -0.2) is 38.8 Å². The van der Waals surface area contributed by atoms with Crippen molar-refractivity contribution in [2.45, 2.75) is 24.5 Å². The van der Waals surface area contributed by atoms with Gasteiger partial charge < -0.3 is 10.1 Å². The number of nitrogens with one attached hydrogen (secondary N) is 2. The van der Waals surface area contributed by atoms with Gasteiger partial charge in [-0.05, 0) is 24.6 Å². The summed E-state index contributed by atoms with van der Waals surface area (Å²) in [6.45, 7) is 1.36. The first-order valence-corrected chi connectivity index (χ1v) is 10.0. The van der Waals surface area contributed by atoms with Gasteiger partial charge in [-0.3, -0.25) is 19.3 Å². The van der Waals surface area contributed by atoms with E-state index in [9.17, 15) is 18.0 Å². The maximum Gasteiger partial charge on any atom is 0.328 e. The molecule has 8 nitrogen and oxygen atoms in total. The molecule has 0 fully saturated rings. The van der Waals surface area contributed by atoms with Gasteiger partial charge in [0.1, 0.15) is 12.4 Å². The SMILES string of the molecule is C[C@H](OC(=O)CN=C1NS(=O)(=O)c2ccccc21)C(=O)NCc1ccccc1.